The van der Waals surface area contributed by atoms with E-state index in [1.807, 2.05) is 0 Å². The van der Waals surface area contributed by atoms with Gasteiger partial charge in [0.2, 0.25) is 5.95 Å². The molecule has 18 heavy (non-hydrogen) atoms. The third-order valence-corrected chi connectivity index (χ3v) is 3.47. The van der Waals surface area contributed by atoms with E-state index in [-0.39, 0.29) is 11.8 Å². The Hall–Kier alpha value is -1.56. The number of halogens is 2. The van der Waals surface area contributed by atoms with Gasteiger partial charge in [-0.3, -0.25) is 0 Å². The third-order valence-electron chi connectivity index (χ3n) is 2.78. The lowest BCUT2D eigenvalue weighted by molar-refractivity contribution is 0.628. The molecule has 0 saturated heterocycles. The van der Waals surface area contributed by atoms with Gasteiger partial charge in [-0.25, -0.2) is 9.37 Å². The molecule has 1 aliphatic rings. The first kappa shape index (κ1) is 11.5. The van der Waals surface area contributed by atoms with Crippen LogP contribution in [0, 0.1) is 5.82 Å². The van der Waals surface area contributed by atoms with Crippen LogP contribution in [0.1, 0.15) is 24.6 Å². The van der Waals surface area contributed by atoms with E-state index in [1.165, 1.54) is 12.1 Å². The van der Waals surface area contributed by atoms with E-state index in [0.717, 1.165) is 17.3 Å². The summed E-state index contributed by atoms with van der Waals surface area (Å²) in [5.41, 5.74) is 6.27. The first-order chi connectivity index (χ1) is 8.63. The van der Waals surface area contributed by atoms with Crippen molar-refractivity contribution in [3.05, 3.63) is 34.3 Å². The van der Waals surface area contributed by atoms with Gasteiger partial charge in [-0.2, -0.15) is 9.97 Å². The summed E-state index contributed by atoms with van der Waals surface area (Å²) in [5, 5.41) is 0. The van der Waals surface area contributed by atoms with Gasteiger partial charge in [0.15, 0.2) is 5.82 Å². The van der Waals surface area contributed by atoms with Crippen molar-refractivity contribution in [2.24, 2.45) is 0 Å². The zero-order valence-electron chi connectivity index (χ0n) is 9.40. The standard InChI is InChI=1S/C12H10BrFN4/c13-9-4-3-7(14)5-8(9)11-16-10(6-1-2-6)17-12(15)18-11/h3-6H,1-2H2,(H2,15,16,17,18). The number of aromatic nitrogens is 3. The lowest BCUT2D eigenvalue weighted by atomic mass is 10.2. The molecule has 3 rings (SSSR count). The molecule has 0 spiro atoms. The predicted molar refractivity (Wildman–Crippen MR) is 69.3 cm³/mol. The number of benzene rings is 1. The lowest BCUT2D eigenvalue weighted by Crippen LogP contribution is -2.04. The van der Waals surface area contributed by atoms with Gasteiger partial charge in [0.1, 0.15) is 11.6 Å². The van der Waals surface area contributed by atoms with Crippen LogP contribution in [-0.2, 0) is 0 Å². The van der Waals surface area contributed by atoms with Crippen LogP contribution in [0.2, 0.25) is 0 Å². The van der Waals surface area contributed by atoms with Crippen molar-refractivity contribution in [3.63, 3.8) is 0 Å². The van der Waals surface area contributed by atoms with Crippen LogP contribution in [-0.4, -0.2) is 15.0 Å². The molecule has 92 valence electrons. The molecule has 4 nitrogen and oxygen atoms in total. The molecule has 2 N–H and O–H groups in total. The summed E-state index contributed by atoms with van der Waals surface area (Å²) in [7, 11) is 0. The minimum atomic E-state index is -0.333. The van der Waals surface area contributed by atoms with Crippen LogP contribution in [0.3, 0.4) is 0 Å². The molecule has 1 saturated carbocycles. The van der Waals surface area contributed by atoms with Crippen molar-refractivity contribution in [2.45, 2.75) is 18.8 Å². The SMILES string of the molecule is Nc1nc(-c2cc(F)ccc2Br)nc(C2CC2)n1. The lowest BCUT2D eigenvalue weighted by Gasteiger charge is -2.06. The maximum absolute atomic E-state index is 13.3. The highest BCUT2D eigenvalue weighted by Crippen LogP contribution is 2.39. The second-order valence-corrected chi connectivity index (χ2v) is 5.13. The molecule has 0 bridgehead atoms. The maximum atomic E-state index is 13.3. The van der Waals surface area contributed by atoms with Gasteiger partial charge < -0.3 is 5.73 Å². The molecule has 1 aliphatic carbocycles. The van der Waals surface area contributed by atoms with E-state index < -0.39 is 0 Å². The molecule has 1 fully saturated rings. The highest BCUT2D eigenvalue weighted by atomic mass is 79.9. The minimum Gasteiger partial charge on any atom is -0.368 e. The zero-order valence-corrected chi connectivity index (χ0v) is 11.0. The van der Waals surface area contributed by atoms with Crippen LogP contribution in [0.25, 0.3) is 11.4 Å². The molecule has 0 radical (unpaired) electrons. The summed E-state index contributed by atoms with van der Waals surface area (Å²) in [6.45, 7) is 0. The first-order valence-electron chi connectivity index (χ1n) is 5.60. The average molecular weight is 309 g/mol. The largest absolute Gasteiger partial charge is 0.368 e. The number of nitrogens with two attached hydrogens (primary N) is 1. The van der Waals surface area contributed by atoms with Crippen molar-refractivity contribution in [1.82, 2.24) is 15.0 Å². The molecule has 6 heteroatoms. The summed E-state index contributed by atoms with van der Waals surface area (Å²) in [5.74, 6) is 1.34. The number of hydrogen-bond acceptors (Lipinski definition) is 4. The minimum absolute atomic E-state index is 0.179. The summed E-state index contributed by atoms with van der Waals surface area (Å²) in [6.07, 6.45) is 2.15. The Kier molecular flexibility index (Phi) is 2.74. The molecule has 0 aliphatic heterocycles. The Morgan fingerprint density at radius 3 is 2.72 bits per heavy atom. The fraction of sp³-hybridized carbons (Fsp3) is 0.250. The van der Waals surface area contributed by atoms with Crippen molar-refractivity contribution < 1.29 is 4.39 Å². The fourth-order valence-electron chi connectivity index (χ4n) is 1.72. The van der Waals surface area contributed by atoms with Crippen molar-refractivity contribution in [3.8, 4) is 11.4 Å². The Bertz CT molecular complexity index is 613. The molecular formula is C12H10BrFN4. The summed E-state index contributed by atoms with van der Waals surface area (Å²) >= 11 is 3.36. The first-order valence-corrected chi connectivity index (χ1v) is 6.39. The molecule has 2 aromatic rings. The summed E-state index contributed by atoms with van der Waals surface area (Å²) in [6, 6.07) is 4.39. The van der Waals surface area contributed by atoms with Gasteiger partial charge in [0, 0.05) is 16.0 Å². The third kappa shape index (κ3) is 2.20. The van der Waals surface area contributed by atoms with Crippen LogP contribution < -0.4 is 5.73 Å². The van der Waals surface area contributed by atoms with Crippen LogP contribution in [0.4, 0.5) is 10.3 Å². The smallest absolute Gasteiger partial charge is 0.223 e. The number of nitrogen functional groups attached to an aromatic ring is 1. The fourth-order valence-corrected chi connectivity index (χ4v) is 2.15. The molecule has 1 heterocycles. The number of hydrogen-bond donors (Lipinski definition) is 1. The van der Waals surface area contributed by atoms with E-state index in [9.17, 15) is 4.39 Å². The summed E-state index contributed by atoms with van der Waals surface area (Å²) in [4.78, 5) is 12.6. The van der Waals surface area contributed by atoms with Gasteiger partial charge in [-0.05, 0) is 31.0 Å². The quantitative estimate of drug-likeness (QED) is 0.926. The van der Waals surface area contributed by atoms with Gasteiger partial charge in [0.25, 0.3) is 0 Å². The normalized spacial score (nSPS) is 14.8. The Balaban J connectivity index is 2.12. The predicted octanol–water partition coefficient (Wildman–Crippen LogP) is 2.90. The summed E-state index contributed by atoms with van der Waals surface area (Å²) < 4.78 is 14.0. The highest BCUT2D eigenvalue weighted by Gasteiger charge is 2.27. The van der Waals surface area contributed by atoms with Gasteiger partial charge >= 0.3 is 0 Å². The van der Waals surface area contributed by atoms with Crippen molar-refractivity contribution >= 4 is 21.9 Å². The Morgan fingerprint density at radius 1 is 1.22 bits per heavy atom. The van der Waals surface area contributed by atoms with E-state index in [0.29, 0.717) is 23.1 Å². The molecule has 0 amide bonds. The van der Waals surface area contributed by atoms with Gasteiger partial charge in [-0.1, -0.05) is 15.9 Å². The number of anilines is 1. The van der Waals surface area contributed by atoms with E-state index in [1.54, 1.807) is 6.07 Å². The Labute approximate surface area is 112 Å². The molecular weight excluding hydrogens is 299 g/mol. The second kappa shape index (κ2) is 4.28. The van der Waals surface area contributed by atoms with E-state index in [2.05, 4.69) is 30.9 Å². The second-order valence-electron chi connectivity index (χ2n) is 4.27. The molecule has 0 atom stereocenters. The van der Waals surface area contributed by atoms with Crippen molar-refractivity contribution in [2.75, 3.05) is 5.73 Å². The van der Waals surface area contributed by atoms with Crippen LogP contribution in [0.5, 0.6) is 0 Å². The highest BCUT2D eigenvalue weighted by molar-refractivity contribution is 9.10. The molecule has 1 aromatic carbocycles. The number of nitrogens with zero attached hydrogens (tertiary/aromatic N) is 3. The monoisotopic (exact) mass is 308 g/mol. The molecule has 1 aromatic heterocycles. The average Bonchev–Trinajstić information content (AvgIpc) is 3.15. The van der Waals surface area contributed by atoms with Gasteiger partial charge in [-0.15, -0.1) is 0 Å². The van der Waals surface area contributed by atoms with Gasteiger partial charge in [0.05, 0.1) is 0 Å². The molecule has 0 unspecified atom stereocenters. The van der Waals surface area contributed by atoms with Crippen LogP contribution in [0.15, 0.2) is 22.7 Å². The number of rotatable bonds is 2. The van der Waals surface area contributed by atoms with E-state index >= 15 is 0 Å². The zero-order chi connectivity index (χ0) is 12.7. The maximum Gasteiger partial charge on any atom is 0.223 e. The van der Waals surface area contributed by atoms with E-state index in [4.69, 9.17) is 5.73 Å². The Morgan fingerprint density at radius 2 is 2.00 bits per heavy atom. The van der Waals surface area contributed by atoms with Crippen molar-refractivity contribution in [1.29, 1.82) is 0 Å². The topological polar surface area (TPSA) is 64.7 Å². The van der Waals surface area contributed by atoms with Crippen LogP contribution >= 0.6 is 15.9 Å².